The van der Waals surface area contributed by atoms with Crippen molar-refractivity contribution < 1.29 is 9.18 Å². The Morgan fingerprint density at radius 3 is 2.48 bits per heavy atom. The molecule has 3 nitrogen and oxygen atoms in total. The molecule has 1 aliphatic heterocycles. The Hall–Kier alpha value is -1.42. The number of carbonyl (C=O) groups excluding carboxylic acids is 1. The molecule has 0 spiro atoms. The van der Waals surface area contributed by atoms with E-state index in [9.17, 15) is 9.18 Å². The van der Waals surface area contributed by atoms with Gasteiger partial charge in [0.25, 0.3) is 0 Å². The Kier molecular flexibility index (Phi) is 3.98. The lowest BCUT2D eigenvalue weighted by Gasteiger charge is -2.30. The number of hydrogen-bond donors (Lipinski definition) is 1. The molecule has 3 rings (SSSR count). The number of benzene rings is 1. The maximum atomic E-state index is 13.0. The number of halogens is 1. The summed E-state index contributed by atoms with van der Waals surface area (Å²) in [4.78, 5) is 14.8. The van der Waals surface area contributed by atoms with Gasteiger partial charge in [-0.05, 0) is 69.9 Å². The zero-order valence-electron chi connectivity index (χ0n) is 12.6. The molecule has 2 aliphatic rings. The Bertz CT molecular complexity index is 502. The van der Waals surface area contributed by atoms with E-state index in [0.717, 1.165) is 50.8 Å². The number of piperidine rings is 1. The first-order chi connectivity index (χ1) is 10.1. The minimum absolute atomic E-state index is 0.196. The number of nitrogens with one attached hydrogen (secondary N) is 1. The Morgan fingerprint density at radius 2 is 1.90 bits per heavy atom. The first kappa shape index (κ1) is 14.5. The third kappa shape index (κ3) is 3.43. The molecule has 0 atom stereocenters. The molecule has 1 saturated heterocycles. The van der Waals surface area contributed by atoms with Crippen LogP contribution < -0.4 is 5.32 Å². The van der Waals surface area contributed by atoms with Gasteiger partial charge in [0.15, 0.2) is 0 Å². The number of likely N-dealkylation sites (tertiary alicyclic amines) is 1. The highest BCUT2D eigenvalue weighted by molar-refractivity contribution is 5.85. The first-order valence-corrected chi connectivity index (χ1v) is 7.81. The van der Waals surface area contributed by atoms with E-state index in [-0.39, 0.29) is 17.1 Å². The third-order valence-electron chi connectivity index (χ3n) is 4.84. The smallest absolute Gasteiger partial charge is 0.226 e. The van der Waals surface area contributed by atoms with Crippen LogP contribution in [0.5, 0.6) is 0 Å². The number of rotatable bonds is 4. The Morgan fingerprint density at radius 1 is 1.29 bits per heavy atom. The van der Waals surface area contributed by atoms with Gasteiger partial charge in [-0.25, -0.2) is 4.39 Å². The summed E-state index contributed by atoms with van der Waals surface area (Å²) in [5, 5.41) is 3.23. The third-order valence-corrected chi connectivity index (χ3v) is 4.84. The van der Waals surface area contributed by atoms with Crippen LogP contribution in [0.3, 0.4) is 0 Å². The van der Waals surface area contributed by atoms with Crippen molar-refractivity contribution in [1.82, 2.24) is 10.2 Å². The van der Waals surface area contributed by atoms with E-state index in [2.05, 4.69) is 17.3 Å². The van der Waals surface area contributed by atoms with E-state index >= 15 is 0 Å². The van der Waals surface area contributed by atoms with Gasteiger partial charge in [0.2, 0.25) is 5.91 Å². The van der Waals surface area contributed by atoms with Gasteiger partial charge >= 0.3 is 0 Å². The lowest BCUT2D eigenvalue weighted by atomic mass is 9.94. The molecule has 0 radical (unpaired) electrons. The number of amides is 1. The zero-order valence-corrected chi connectivity index (χ0v) is 12.6. The maximum absolute atomic E-state index is 13.0. The van der Waals surface area contributed by atoms with Gasteiger partial charge in [0.05, 0.1) is 5.41 Å². The van der Waals surface area contributed by atoms with E-state index in [0.29, 0.717) is 6.04 Å². The van der Waals surface area contributed by atoms with Crippen molar-refractivity contribution in [3.8, 4) is 0 Å². The summed E-state index contributed by atoms with van der Waals surface area (Å²) in [6, 6.07) is 6.84. The molecule has 1 amide bonds. The predicted octanol–water partition coefficient (Wildman–Crippen LogP) is 2.36. The summed E-state index contributed by atoms with van der Waals surface area (Å²) < 4.78 is 13.0. The quantitative estimate of drug-likeness (QED) is 0.923. The van der Waals surface area contributed by atoms with Gasteiger partial charge in [-0.1, -0.05) is 12.1 Å². The summed E-state index contributed by atoms with van der Waals surface area (Å²) in [7, 11) is 2.12. The molecule has 114 valence electrons. The molecule has 21 heavy (non-hydrogen) atoms. The van der Waals surface area contributed by atoms with Crippen molar-refractivity contribution >= 4 is 5.91 Å². The van der Waals surface area contributed by atoms with Crippen LogP contribution in [0, 0.1) is 11.2 Å². The minimum atomic E-state index is -0.235. The molecule has 2 fully saturated rings. The largest absolute Gasteiger partial charge is 0.353 e. The Balaban J connectivity index is 1.57. The zero-order chi connectivity index (χ0) is 14.9. The van der Waals surface area contributed by atoms with Crippen molar-refractivity contribution in [1.29, 1.82) is 0 Å². The van der Waals surface area contributed by atoms with E-state index in [1.54, 1.807) is 12.1 Å². The molecule has 1 aromatic rings. The van der Waals surface area contributed by atoms with E-state index < -0.39 is 0 Å². The summed E-state index contributed by atoms with van der Waals surface area (Å²) in [6.07, 6.45) is 4.70. The van der Waals surface area contributed by atoms with Gasteiger partial charge in [0, 0.05) is 6.04 Å². The van der Waals surface area contributed by atoms with Crippen LogP contribution in [0.4, 0.5) is 4.39 Å². The fourth-order valence-electron chi connectivity index (χ4n) is 3.12. The topological polar surface area (TPSA) is 32.3 Å². The Labute approximate surface area is 125 Å². The minimum Gasteiger partial charge on any atom is -0.353 e. The molecule has 0 unspecified atom stereocenters. The van der Waals surface area contributed by atoms with Crippen molar-refractivity contribution in [2.24, 2.45) is 5.41 Å². The predicted molar refractivity (Wildman–Crippen MR) is 80.4 cm³/mol. The monoisotopic (exact) mass is 290 g/mol. The molecule has 1 saturated carbocycles. The van der Waals surface area contributed by atoms with Crippen LogP contribution in [0.15, 0.2) is 24.3 Å². The summed E-state index contributed by atoms with van der Waals surface area (Å²) in [6.45, 7) is 2.10. The van der Waals surface area contributed by atoms with Crippen molar-refractivity contribution in [2.75, 3.05) is 20.1 Å². The average molecular weight is 290 g/mol. The second-order valence-corrected chi connectivity index (χ2v) is 6.63. The maximum Gasteiger partial charge on any atom is 0.226 e. The molecular formula is C17H23FN2O. The molecule has 1 N–H and O–H groups in total. The second-order valence-electron chi connectivity index (χ2n) is 6.63. The number of nitrogens with zero attached hydrogens (tertiary/aromatic N) is 1. The highest BCUT2D eigenvalue weighted by Crippen LogP contribution is 2.48. The molecule has 0 aromatic heterocycles. The fraction of sp³-hybridized carbons (Fsp3) is 0.588. The van der Waals surface area contributed by atoms with Gasteiger partial charge < -0.3 is 10.2 Å². The normalized spacial score (nSPS) is 22.0. The van der Waals surface area contributed by atoms with Crippen LogP contribution in [0.2, 0.25) is 0 Å². The van der Waals surface area contributed by atoms with Crippen molar-refractivity contribution in [2.45, 2.75) is 38.1 Å². The number of hydrogen-bond acceptors (Lipinski definition) is 2. The highest BCUT2D eigenvalue weighted by Gasteiger charge is 2.49. The van der Waals surface area contributed by atoms with E-state index in [4.69, 9.17) is 0 Å². The highest BCUT2D eigenvalue weighted by atomic mass is 19.1. The SMILES string of the molecule is CN1CCC(NC(=O)C2(Cc3ccc(F)cc3)CC2)CC1. The standard InChI is InChI=1S/C17H23FN2O/c1-20-10-6-15(7-11-20)19-16(21)17(8-9-17)12-13-2-4-14(18)5-3-13/h2-5,15H,6-12H2,1H3,(H,19,21). The van der Waals surface area contributed by atoms with Crippen LogP contribution >= 0.6 is 0 Å². The molecule has 1 heterocycles. The van der Waals surface area contributed by atoms with E-state index in [1.165, 1.54) is 12.1 Å². The van der Waals surface area contributed by atoms with Gasteiger partial charge in [-0.15, -0.1) is 0 Å². The molecule has 0 bridgehead atoms. The van der Waals surface area contributed by atoms with Crippen LogP contribution in [-0.2, 0) is 11.2 Å². The molecular weight excluding hydrogens is 267 g/mol. The van der Waals surface area contributed by atoms with Crippen LogP contribution in [0.1, 0.15) is 31.2 Å². The molecule has 1 aromatic carbocycles. The molecule has 1 aliphatic carbocycles. The summed E-state index contributed by atoms with van der Waals surface area (Å²) in [5.74, 6) is -0.0271. The van der Waals surface area contributed by atoms with E-state index in [1.807, 2.05) is 0 Å². The van der Waals surface area contributed by atoms with Crippen molar-refractivity contribution in [3.05, 3.63) is 35.6 Å². The van der Waals surface area contributed by atoms with Gasteiger partial charge in [-0.2, -0.15) is 0 Å². The van der Waals surface area contributed by atoms with Crippen LogP contribution in [0.25, 0.3) is 0 Å². The molecule has 4 heteroatoms. The van der Waals surface area contributed by atoms with Gasteiger partial charge in [-0.3, -0.25) is 4.79 Å². The second kappa shape index (κ2) is 5.76. The summed E-state index contributed by atoms with van der Waals surface area (Å²) in [5.41, 5.74) is 0.814. The lowest BCUT2D eigenvalue weighted by molar-refractivity contribution is -0.127. The first-order valence-electron chi connectivity index (χ1n) is 7.81. The lowest BCUT2D eigenvalue weighted by Crippen LogP contribution is -2.46. The summed E-state index contributed by atoms with van der Waals surface area (Å²) >= 11 is 0. The number of carbonyl (C=O) groups is 1. The van der Waals surface area contributed by atoms with Crippen LogP contribution in [-0.4, -0.2) is 37.0 Å². The van der Waals surface area contributed by atoms with Crippen molar-refractivity contribution in [3.63, 3.8) is 0 Å². The van der Waals surface area contributed by atoms with Gasteiger partial charge in [0.1, 0.15) is 5.82 Å². The fourth-order valence-corrected chi connectivity index (χ4v) is 3.12. The average Bonchev–Trinajstić information content (AvgIpc) is 3.25.